The molecule has 5 rings (SSSR count). The number of piperidine rings is 1. The van der Waals surface area contributed by atoms with E-state index in [0.717, 1.165) is 32.4 Å². The Balaban J connectivity index is 1.21. The van der Waals surface area contributed by atoms with E-state index < -0.39 is 0 Å². The van der Waals surface area contributed by atoms with Crippen molar-refractivity contribution < 1.29 is 14.4 Å². The van der Waals surface area contributed by atoms with Gasteiger partial charge in [0.15, 0.2) is 0 Å². The molecule has 2 saturated heterocycles. The van der Waals surface area contributed by atoms with E-state index in [1.54, 1.807) is 0 Å². The molecule has 3 amide bonds. The number of hydrogen-bond acceptors (Lipinski definition) is 4. The summed E-state index contributed by atoms with van der Waals surface area (Å²) in [7, 11) is 0. The lowest BCUT2D eigenvalue weighted by Gasteiger charge is -2.48. The lowest BCUT2D eigenvalue weighted by atomic mass is 9.79. The number of nitrogens with one attached hydrogen (secondary N) is 1. The van der Waals surface area contributed by atoms with Gasteiger partial charge in [0, 0.05) is 12.1 Å². The van der Waals surface area contributed by atoms with E-state index in [-0.39, 0.29) is 53.5 Å². The van der Waals surface area contributed by atoms with Gasteiger partial charge in [-0.1, -0.05) is 37.8 Å². The first-order valence-corrected chi connectivity index (χ1v) is 11.6. The van der Waals surface area contributed by atoms with Crippen LogP contribution < -0.4 is 5.32 Å². The van der Waals surface area contributed by atoms with Crippen molar-refractivity contribution in [1.82, 2.24) is 15.1 Å². The highest BCUT2D eigenvalue weighted by Crippen LogP contribution is 2.52. The third-order valence-electron chi connectivity index (χ3n) is 8.29. The standard InChI is InChI=1S/C23H33N3O3/c27-18(14-26-21(28)19-16-7-8-17(13-16)20(19)22(26)29)24-15-23(9-3-1-4-10-23)25-11-5-2-6-12-25/h7-8,16-17,19-20H,1-6,9-15H2,(H,24,27)/t16-,17-,19-,20-/m0/s1. The van der Waals surface area contributed by atoms with Crippen molar-refractivity contribution in [2.45, 2.75) is 63.3 Å². The maximum Gasteiger partial charge on any atom is 0.240 e. The molecular weight excluding hydrogens is 366 g/mol. The fourth-order valence-electron chi connectivity index (χ4n) is 6.77. The van der Waals surface area contributed by atoms with Crippen LogP contribution in [0.3, 0.4) is 0 Å². The van der Waals surface area contributed by atoms with Crippen LogP contribution in [0.1, 0.15) is 57.8 Å². The highest BCUT2D eigenvalue weighted by atomic mass is 16.2. The molecule has 6 heteroatoms. The largest absolute Gasteiger partial charge is 0.353 e. The minimum absolute atomic E-state index is 0.0624. The van der Waals surface area contributed by atoms with Gasteiger partial charge in [0.1, 0.15) is 6.54 Å². The van der Waals surface area contributed by atoms with Gasteiger partial charge in [0.2, 0.25) is 17.7 Å². The first-order valence-electron chi connectivity index (χ1n) is 11.6. The van der Waals surface area contributed by atoms with E-state index in [1.165, 1.54) is 43.4 Å². The molecule has 2 aliphatic heterocycles. The second kappa shape index (κ2) is 7.53. The number of fused-ring (bicyclic) bond motifs is 5. The number of rotatable bonds is 5. The van der Waals surface area contributed by atoms with Crippen molar-refractivity contribution in [3.63, 3.8) is 0 Å². The van der Waals surface area contributed by atoms with Crippen LogP contribution in [0, 0.1) is 23.7 Å². The summed E-state index contributed by atoms with van der Waals surface area (Å²) in [6, 6.07) is 0. The van der Waals surface area contributed by atoms with Gasteiger partial charge >= 0.3 is 0 Å². The maximum atomic E-state index is 12.8. The molecule has 4 fully saturated rings. The van der Waals surface area contributed by atoms with Gasteiger partial charge in [-0.3, -0.25) is 24.2 Å². The first kappa shape index (κ1) is 19.3. The van der Waals surface area contributed by atoms with Gasteiger partial charge in [0.05, 0.1) is 11.8 Å². The normalized spacial score (nSPS) is 35.9. The zero-order valence-corrected chi connectivity index (χ0v) is 17.3. The zero-order chi connectivity index (χ0) is 20.0. The van der Waals surface area contributed by atoms with Crippen LogP contribution in [0.25, 0.3) is 0 Å². The molecule has 2 saturated carbocycles. The molecule has 0 aromatic heterocycles. The van der Waals surface area contributed by atoms with Gasteiger partial charge in [-0.05, 0) is 57.0 Å². The third kappa shape index (κ3) is 3.24. The second-order valence-corrected chi connectivity index (χ2v) is 9.87. The summed E-state index contributed by atoms with van der Waals surface area (Å²) in [6.45, 7) is 2.78. The molecule has 6 nitrogen and oxygen atoms in total. The minimum Gasteiger partial charge on any atom is -0.353 e. The van der Waals surface area contributed by atoms with Crippen molar-refractivity contribution >= 4 is 17.7 Å². The van der Waals surface area contributed by atoms with Crippen LogP contribution in [-0.2, 0) is 14.4 Å². The monoisotopic (exact) mass is 399 g/mol. The number of imide groups is 1. The lowest BCUT2D eigenvalue weighted by molar-refractivity contribution is -0.144. The molecule has 2 bridgehead atoms. The Hall–Kier alpha value is -1.69. The second-order valence-electron chi connectivity index (χ2n) is 9.87. The molecule has 29 heavy (non-hydrogen) atoms. The number of allylic oxidation sites excluding steroid dienone is 2. The molecule has 2 heterocycles. The molecule has 0 aromatic rings. The number of amides is 3. The summed E-state index contributed by atoms with van der Waals surface area (Å²) in [5.74, 6) is -0.496. The summed E-state index contributed by atoms with van der Waals surface area (Å²) in [4.78, 5) is 42.3. The predicted molar refractivity (Wildman–Crippen MR) is 109 cm³/mol. The SMILES string of the molecule is O=C(CN1C(=O)[C@@H]2[C@@H](C1=O)[C@H]1C=C[C@H]2C1)NCC1(N2CCCCC2)CCCCC1. The minimum atomic E-state index is -0.219. The molecule has 0 radical (unpaired) electrons. The molecular formula is C23H33N3O3. The summed E-state index contributed by atoms with van der Waals surface area (Å²) in [5, 5.41) is 3.12. The Morgan fingerprint density at radius 3 is 2.14 bits per heavy atom. The van der Waals surface area contributed by atoms with E-state index in [4.69, 9.17) is 0 Å². The lowest BCUT2D eigenvalue weighted by Crippen LogP contribution is -2.58. The Morgan fingerprint density at radius 2 is 1.52 bits per heavy atom. The zero-order valence-electron chi connectivity index (χ0n) is 17.3. The van der Waals surface area contributed by atoms with Gasteiger partial charge in [-0.2, -0.15) is 0 Å². The Bertz CT molecular complexity index is 691. The number of likely N-dealkylation sites (tertiary alicyclic amines) is 2. The average Bonchev–Trinajstić information content (AvgIpc) is 3.44. The summed E-state index contributed by atoms with van der Waals surface area (Å²) in [6.07, 6.45) is 14.9. The molecule has 3 aliphatic carbocycles. The summed E-state index contributed by atoms with van der Waals surface area (Å²) in [5.41, 5.74) is 0.0624. The summed E-state index contributed by atoms with van der Waals surface area (Å²) < 4.78 is 0. The topological polar surface area (TPSA) is 69.7 Å². The van der Waals surface area contributed by atoms with Crippen molar-refractivity contribution in [3.05, 3.63) is 12.2 Å². The van der Waals surface area contributed by atoms with Gasteiger partial charge in [0.25, 0.3) is 0 Å². The van der Waals surface area contributed by atoms with Gasteiger partial charge < -0.3 is 5.32 Å². The van der Waals surface area contributed by atoms with E-state index in [2.05, 4.69) is 22.4 Å². The first-order chi connectivity index (χ1) is 14.1. The van der Waals surface area contributed by atoms with E-state index in [9.17, 15) is 14.4 Å². The fraction of sp³-hybridized carbons (Fsp3) is 0.783. The van der Waals surface area contributed by atoms with Crippen LogP contribution in [0.15, 0.2) is 12.2 Å². The Morgan fingerprint density at radius 1 is 0.931 bits per heavy atom. The highest BCUT2D eigenvalue weighted by Gasteiger charge is 2.59. The molecule has 0 unspecified atom stereocenters. The van der Waals surface area contributed by atoms with Crippen molar-refractivity contribution in [2.75, 3.05) is 26.2 Å². The van der Waals surface area contributed by atoms with Crippen molar-refractivity contribution in [1.29, 1.82) is 0 Å². The van der Waals surface area contributed by atoms with Crippen LogP contribution in [-0.4, -0.2) is 59.2 Å². The van der Waals surface area contributed by atoms with Gasteiger partial charge in [-0.25, -0.2) is 0 Å². The number of carbonyl (C=O) groups excluding carboxylic acids is 3. The van der Waals surface area contributed by atoms with E-state index in [0.29, 0.717) is 6.54 Å². The number of carbonyl (C=O) groups is 3. The molecule has 1 N–H and O–H groups in total. The Labute approximate surface area is 173 Å². The predicted octanol–water partition coefficient (Wildman–Crippen LogP) is 2.10. The van der Waals surface area contributed by atoms with Crippen LogP contribution in [0.2, 0.25) is 0 Å². The van der Waals surface area contributed by atoms with Crippen LogP contribution >= 0.6 is 0 Å². The van der Waals surface area contributed by atoms with Crippen LogP contribution in [0.4, 0.5) is 0 Å². The van der Waals surface area contributed by atoms with Crippen molar-refractivity contribution in [3.8, 4) is 0 Å². The van der Waals surface area contributed by atoms with Crippen molar-refractivity contribution in [2.24, 2.45) is 23.7 Å². The van der Waals surface area contributed by atoms with Crippen LogP contribution in [0.5, 0.6) is 0 Å². The quantitative estimate of drug-likeness (QED) is 0.568. The Kier molecular flexibility index (Phi) is 5.01. The number of hydrogen-bond donors (Lipinski definition) is 1. The molecule has 0 spiro atoms. The fourth-order valence-corrected chi connectivity index (χ4v) is 6.77. The molecule has 158 valence electrons. The smallest absolute Gasteiger partial charge is 0.240 e. The summed E-state index contributed by atoms with van der Waals surface area (Å²) >= 11 is 0. The molecule has 0 aromatic carbocycles. The highest BCUT2D eigenvalue weighted by molar-refractivity contribution is 6.08. The average molecular weight is 400 g/mol. The maximum absolute atomic E-state index is 12.8. The number of nitrogens with zero attached hydrogens (tertiary/aromatic N) is 2. The van der Waals surface area contributed by atoms with Gasteiger partial charge in [-0.15, -0.1) is 0 Å². The third-order valence-corrected chi connectivity index (χ3v) is 8.29. The molecule has 5 aliphatic rings. The van der Waals surface area contributed by atoms with E-state index in [1.807, 2.05) is 0 Å². The molecule has 4 atom stereocenters. The van der Waals surface area contributed by atoms with E-state index >= 15 is 0 Å².